The molecule has 24 heavy (non-hydrogen) atoms. The number of carbonyl (C=O) groups is 1. The first kappa shape index (κ1) is 16.2. The molecule has 5 nitrogen and oxygen atoms in total. The predicted octanol–water partition coefficient (Wildman–Crippen LogP) is 2.81. The van der Waals surface area contributed by atoms with E-state index < -0.39 is 11.6 Å². The zero-order valence-electron chi connectivity index (χ0n) is 12.8. The number of ether oxygens (including phenoxy) is 2. The van der Waals surface area contributed by atoms with Gasteiger partial charge >= 0.3 is 0 Å². The molecule has 0 unspecified atom stereocenters. The lowest BCUT2D eigenvalue weighted by Crippen LogP contribution is -2.21. The molecule has 3 rings (SSSR count). The van der Waals surface area contributed by atoms with E-state index in [4.69, 9.17) is 9.47 Å². The zero-order chi connectivity index (χ0) is 16.9. The molecule has 2 N–H and O–H groups in total. The fourth-order valence-corrected chi connectivity index (χ4v) is 2.28. The van der Waals surface area contributed by atoms with Crippen molar-refractivity contribution in [3.63, 3.8) is 0 Å². The lowest BCUT2D eigenvalue weighted by molar-refractivity contribution is -0.116. The molecule has 1 aliphatic rings. The van der Waals surface area contributed by atoms with Crippen molar-refractivity contribution >= 4 is 11.6 Å². The summed E-state index contributed by atoms with van der Waals surface area (Å²) in [6.07, 6.45) is 0.212. The van der Waals surface area contributed by atoms with Crippen LogP contribution in [0.5, 0.6) is 11.5 Å². The van der Waals surface area contributed by atoms with Gasteiger partial charge in [0.15, 0.2) is 23.1 Å². The van der Waals surface area contributed by atoms with E-state index in [-0.39, 0.29) is 24.8 Å². The van der Waals surface area contributed by atoms with Crippen LogP contribution in [0.15, 0.2) is 36.4 Å². The molecule has 0 spiro atoms. The molecule has 1 aliphatic heterocycles. The number of amides is 1. The zero-order valence-corrected chi connectivity index (χ0v) is 12.8. The Morgan fingerprint density at radius 2 is 1.88 bits per heavy atom. The van der Waals surface area contributed by atoms with Crippen LogP contribution in [-0.4, -0.2) is 19.2 Å². The quantitative estimate of drug-likeness (QED) is 0.798. The fraction of sp³-hybridized carbons (Fsp3) is 0.235. The van der Waals surface area contributed by atoms with E-state index in [1.165, 1.54) is 6.07 Å². The average Bonchev–Trinajstić information content (AvgIpc) is 3.03. The second kappa shape index (κ2) is 7.27. The topological polar surface area (TPSA) is 59.6 Å². The van der Waals surface area contributed by atoms with Crippen molar-refractivity contribution in [3.05, 3.63) is 53.6 Å². The second-order valence-electron chi connectivity index (χ2n) is 5.29. The normalized spacial score (nSPS) is 12.2. The summed E-state index contributed by atoms with van der Waals surface area (Å²) in [5, 5.41) is 5.66. The van der Waals surface area contributed by atoms with Crippen molar-refractivity contribution in [1.29, 1.82) is 0 Å². The van der Waals surface area contributed by atoms with Gasteiger partial charge in [-0.3, -0.25) is 4.79 Å². The Morgan fingerprint density at radius 1 is 1.04 bits per heavy atom. The van der Waals surface area contributed by atoms with Gasteiger partial charge < -0.3 is 20.1 Å². The van der Waals surface area contributed by atoms with Gasteiger partial charge in [0.1, 0.15) is 0 Å². The number of carbonyl (C=O) groups excluding carboxylic acids is 1. The lowest BCUT2D eigenvalue weighted by atomic mass is 10.2. The highest BCUT2D eigenvalue weighted by atomic mass is 19.2. The molecule has 1 amide bonds. The van der Waals surface area contributed by atoms with Gasteiger partial charge in [-0.2, -0.15) is 0 Å². The third-order valence-corrected chi connectivity index (χ3v) is 3.50. The minimum Gasteiger partial charge on any atom is -0.454 e. The highest BCUT2D eigenvalue weighted by molar-refractivity contribution is 5.90. The van der Waals surface area contributed by atoms with Gasteiger partial charge in [-0.15, -0.1) is 0 Å². The van der Waals surface area contributed by atoms with E-state index in [1.54, 1.807) is 0 Å². The van der Waals surface area contributed by atoms with E-state index in [0.29, 0.717) is 18.8 Å². The first-order valence-corrected chi connectivity index (χ1v) is 7.46. The molecule has 0 radical (unpaired) electrons. The Morgan fingerprint density at radius 3 is 2.71 bits per heavy atom. The SMILES string of the molecule is O=C(CCNCc1ccc2c(c1)OCO2)Nc1ccc(F)c(F)c1. The number of hydrogen-bond donors (Lipinski definition) is 2. The van der Waals surface area contributed by atoms with Gasteiger partial charge in [0.2, 0.25) is 12.7 Å². The minimum absolute atomic E-state index is 0.212. The summed E-state index contributed by atoms with van der Waals surface area (Å²) in [6, 6.07) is 8.89. The first-order chi connectivity index (χ1) is 11.6. The summed E-state index contributed by atoms with van der Waals surface area (Å²) in [6.45, 7) is 1.26. The van der Waals surface area contributed by atoms with Gasteiger partial charge in [-0.1, -0.05) is 6.07 Å². The molecule has 0 fully saturated rings. The van der Waals surface area contributed by atoms with Crippen LogP contribution in [0.4, 0.5) is 14.5 Å². The number of nitrogens with one attached hydrogen (secondary N) is 2. The van der Waals surface area contributed by atoms with E-state index in [1.807, 2.05) is 18.2 Å². The molecular weight excluding hydrogens is 318 g/mol. The standard InChI is InChI=1S/C17H16F2N2O3/c18-13-3-2-12(8-14(13)19)21-17(22)5-6-20-9-11-1-4-15-16(7-11)24-10-23-15/h1-4,7-8,20H,5-6,9-10H2,(H,21,22). The third kappa shape index (κ3) is 3.99. The van der Waals surface area contributed by atoms with Crippen molar-refractivity contribution < 1.29 is 23.0 Å². The molecule has 7 heteroatoms. The molecule has 2 aromatic carbocycles. The molecular formula is C17H16F2N2O3. The van der Waals surface area contributed by atoms with Crippen molar-refractivity contribution in [2.75, 3.05) is 18.7 Å². The number of hydrogen-bond acceptors (Lipinski definition) is 4. The van der Waals surface area contributed by atoms with Crippen molar-refractivity contribution in [2.45, 2.75) is 13.0 Å². The number of rotatable bonds is 6. The van der Waals surface area contributed by atoms with Crippen LogP contribution >= 0.6 is 0 Å². The molecule has 2 aromatic rings. The van der Waals surface area contributed by atoms with E-state index in [2.05, 4.69) is 10.6 Å². The molecule has 126 valence electrons. The molecule has 0 atom stereocenters. The number of halogens is 2. The summed E-state index contributed by atoms with van der Waals surface area (Å²) in [5.74, 6) is -0.777. The van der Waals surface area contributed by atoms with Crippen LogP contribution in [0.3, 0.4) is 0 Å². The van der Waals surface area contributed by atoms with Gasteiger partial charge in [0.05, 0.1) is 0 Å². The monoisotopic (exact) mass is 334 g/mol. The van der Waals surface area contributed by atoms with E-state index >= 15 is 0 Å². The number of benzene rings is 2. The first-order valence-electron chi connectivity index (χ1n) is 7.46. The van der Waals surface area contributed by atoms with Crippen molar-refractivity contribution in [3.8, 4) is 11.5 Å². The Labute approximate surface area is 137 Å². The highest BCUT2D eigenvalue weighted by Crippen LogP contribution is 2.32. The maximum absolute atomic E-state index is 13.1. The van der Waals surface area contributed by atoms with Crippen molar-refractivity contribution in [2.24, 2.45) is 0 Å². The lowest BCUT2D eigenvalue weighted by Gasteiger charge is -2.07. The van der Waals surface area contributed by atoms with Crippen LogP contribution in [0.25, 0.3) is 0 Å². The van der Waals surface area contributed by atoms with E-state index in [0.717, 1.165) is 23.4 Å². The molecule has 0 aliphatic carbocycles. The maximum atomic E-state index is 13.1. The van der Waals surface area contributed by atoms with Crippen LogP contribution in [-0.2, 0) is 11.3 Å². The maximum Gasteiger partial charge on any atom is 0.231 e. The molecule has 0 bridgehead atoms. The molecule has 0 saturated heterocycles. The summed E-state index contributed by atoms with van der Waals surface area (Å²) in [5.41, 5.74) is 1.25. The number of anilines is 1. The predicted molar refractivity (Wildman–Crippen MR) is 83.9 cm³/mol. The Kier molecular flexibility index (Phi) is 4.90. The third-order valence-electron chi connectivity index (χ3n) is 3.50. The van der Waals surface area contributed by atoms with Gasteiger partial charge in [0.25, 0.3) is 0 Å². The Balaban J connectivity index is 1.41. The van der Waals surface area contributed by atoms with Crippen LogP contribution in [0.1, 0.15) is 12.0 Å². The molecule has 0 aromatic heterocycles. The fourth-order valence-electron chi connectivity index (χ4n) is 2.28. The largest absolute Gasteiger partial charge is 0.454 e. The minimum atomic E-state index is -0.992. The summed E-state index contributed by atoms with van der Waals surface area (Å²) in [4.78, 5) is 11.8. The summed E-state index contributed by atoms with van der Waals surface area (Å²) < 4.78 is 36.4. The smallest absolute Gasteiger partial charge is 0.231 e. The van der Waals surface area contributed by atoms with Crippen LogP contribution in [0.2, 0.25) is 0 Å². The van der Waals surface area contributed by atoms with Crippen LogP contribution < -0.4 is 20.1 Å². The van der Waals surface area contributed by atoms with Gasteiger partial charge in [0, 0.05) is 31.3 Å². The number of fused-ring (bicyclic) bond motifs is 1. The van der Waals surface area contributed by atoms with Gasteiger partial charge in [-0.05, 0) is 29.8 Å². The highest BCUT2D eigenvalue weighted by Gasteiger charge is 2.13. The summed E-state index contributed by atoms with van der Waals surface area (Å²) >= 11 is 0. The Bertz CT molecular complexity index is 753. The van der Waals surface area contributed by atoms with Crippen molar-refractivity contribution in [1.82, 2.24) is 5.32 Å². The second-order valence-corrected chi connectivity index (χ2v) is 5.29. The van der Waals surface area contributed by atoms with Crippen LogP contribution in [0, 0.1) is 11.6 Å². The Hall–Kier alpha value is -2.67. The molecule has 1 heterocycles. The average molecular weight is 334 g/mol. The van der Waals surface area contributed by atoms with E-state index in [9.17, 15) is 13.6 Å². The van der Waals surface area contributed by atoms with Gasteiger partial charge in [-0.25, -0.2) is 8.78 Å². The molecule has 0 saturated carbocycles. The summed E-state index contributed by atoms with van der Waals surface area (Å²) in [7, 11) is 0.